The summed E-state index contributed by atoms with van der Waals surface area (Å²) < 4.78 is 36.0. The normalized spacial score (nSPS) is 10.4. The third-order valence-corrected chi connectivity index (χ3v) is 1.52. The molecular weight excluding hydrogens is 191 g/mol. The Morgan fingerprint density at radius 2 is 1.50 bits per heavy atom. The Labute approximate surface area is 81.7 Å². The van der Waals surface area contributed by atoms with Gasteiger partial charge in [-0.1, -0.05) is 26.0 Å². The first-order chi connectivity index (χ1) is 6.54. The summed E-state index contributed by atoms with van der Waals surface area (Å²) in [5.41, 5.74) is 5.29. The Morgan fingerprint density at radius 3 is 1.79 bits per heavy atom. The molecular formula is C10H14F3N. The van der Waals surface area contributed by atoms with Gasteiger partial charge in [0.2, 0.25) is 0 Å². The Kier molecular flexibility index (Phi) is 5.23. The van der Waals surface area contributed by atoms with Crippen LogP contribution in [0.2, 0.25) is 0 Å². The van der Waals surface area contributed by atoms with E-state index in [-0.39, 0.29) is 6.54 Å². The van der Waals surface area contributed by atoms with E-state index in [4.69, 9.17) is 5.73 Å². The van der Waals surface area contributed by atoms with Crippen molar-refractivity contribution in [3.63, 3.8) is 0 Å². The average Bonchev–Trinajstić information content (AvgIpc) is 2.20. The van der Waals surface area contributed by atoms with Crippen molar-refractivity contribution in [1.29, 1.82) is 0 Å². The van der Waals surface area contributed by atoms with Crippen LogP contribution in [0.1, 0.15) is 25.0 Å². The minimum Gasteiger partial charge on any atom is -0.326 e. The van der Waals surface area contributed by atoms with E-state index in [0.717, 1.165) is 12.1 Å². The van der Waals surface area contributed by atoms with Crippen molar-refractivity contribution in [2.24, 2.45) is 5.73 Å². The zero-order valence-corrected chi connectivity index (χ0v) is 8.23. The predicted molar refractivity (Wildman–Crippen MR) is 50.7 cm³/mol. The molecule has 0 aromatic heterocycles. The zero-order chi connectivity index (χ0) is 11.2. The molecule has 0 aliphatic carbocycles. The summed E-state index contributed by atoms with van der Waals surface area (Å²) in [5.74, 6) is 0. The lowest BCUT2D eigenvalue weighted by molar-refractivity contribution is -0.137. The molecule has 0 saturated carbocycles. The van der Waals surface area contributed by atoms with Crippen molar-refractivity contribution in [2.75, 3.05) is 0 Å². The van der Waals surface area contributed by atoms with Crippen LogP contribution in [0.15, 0.2) is 24.3 Å². The monoisotopic (exact) mass is 205 g/mol. The van der Waals surface area contributed by atoms with E-state index in [1.807, 2.05) is 13.8 Å². The van der Waals surface area contributed by atoms with Crippen molar-refractivity contribution < 1.29 is 13.2 Å². The van der Waals surface area contributed by atoms with E-state index in [0.29, 0.717) is 5.56 Å². The maximum absolute atomic E-state index is 12.0. The summed E-state index contributed by atoms with van der Waals surface area (Å²) in [4.78, 5) is 0. The molecule has 0 radical (unpaired) electrons. The maximum atomic E-state index is 12.0. The molecule has 80 valence electrons. The first kappa shape index (κ1) is 13.0. The van der Waals surface area contributed by atoms with Crippen LogP contribution in [0.3, 0.4) is 0 Å². The minimum absolute atomic E-state index is 0.262. The lowest BCUT2D eigenvalue weighted by Gasteiger charge is -2.06. The van der Waals surface area contributed by atoms with Gasteiger partial charge in [-0.25, -0.2) is 0 Å². The van der Waals surface area contributed by atoms with Gasteiger partial charge < -0.3 is 5.73 Å². The second-order valence-corrected chi connectivity index (χ2v) is 2.40. The summed E-state index contributed by atoms with van der Waals surface area (Å²) in [5, 5.41) is 0. The molecule has 0 spiro atoms. The standard InChI is InChI=1S/C8H8F3N.C2H6/c9-8(10,11)7-3-1-6(5-12)2-4-7;1-2/h1-4H,5,12H2;1-2H3. The van der Waals surface area contributed by atoms with Gasteiger partial charge in [-0.3, -0.25) is 0 Å². The van der Waals surface area contributed by atoms with E-state index in [1.165, 1.54) is 12.1 Å². The third kappa shape index (κ3) is 3.79. The molecule has 0 heterocycles. The molecule has 1 aromatic rings. The van der Waals surface area contributed by atoms with Gasteiger partial charge in [0.05, 0.1) is 5.56 Å². The fourth-order valence-corrected chi connectivity index (χ4v) is 0.830. The van der Waals surface area contributed by atoms with E-state index >= 15 is 0 Å². The summed E-state index contributed by atoms with van der Waals surface area (Å²) in [6, 6.07) is 4.82. The van der Waals surface area contributed by atoms with Gasteiger partial charge in [0, 0.05) is 6.54 Å². The molecule has 14 heavy (non-hydrogen) atoms. The number of hydrogen-bond donors (Lipinski definition) is 1. The van der Waals surface area contributed by atoms with Crippen molar-refractivity contribution in [3.8, 4) is 0 Å². The average molecular weight is 205 g/mol. The summed E-state index contributed by atoms with van der Waals surface area (Å²) in [6.07, 6.45) is -4.26. The highest BCUT2D eigenvalue weighted by molar-refractivity contribution is 5.24. The number of nitrogens with two attached hydrogens (primary N) is 1. The Hall–Kier alpha value is -1.03. The van der Waals surface area contributed by atoms with Crippen molar-refractivity contribution >= 4 is 0 Å². The van der Waals surface area contributed by atoms with Crippen LogP contribution >= 0.6 is 0 Å². The number of hydrogen-bond acceptors (Lipinski definition) is 1. The number of halogens is 3. The minimum atomic E-state index is -4.26. The van der Waals surface area contributed by atoms with Crippen molar-refractivity contribution in [2.45, 2.75) is 26.6 Å². The van der Waals surface area contributed by atoms with Crippen LogP contribution in [-0.2, 0) is 12.7 Å². The molecule has 0 amide bonds. The van der Waals surface area contributed by atoms with Crippen LogP contribution in [0.4, 0.5) is 13.2 Å². The highest BCUT2D eigenvalue weighted by atomic mass is 19.4. The van der Waals surface area contributed by atoms with Gasteiger partial charge in [0.25, 0.3) is 0 Å². The van der Waals surface area contributed by atoms with E-state index in [1.54, 1.807) is 0 Å². The summed E-state index contributed by atoms with van der Waals surface area (Å²) >= 11 is 0. The molecule has 1 rings (SSSR count). The molecule has 0 atom stereocenters. The highest BCUT2D eigenvalue weighted by Gasteiger charge is 2.29. The topological polar surface area (TPSA) is 26.0 Å². The lowest BCUT2D eigenvalue weighted by atomic mass is 10.1. The molecule has 0 saturated heterocycles. The number of rotatable bonds is 1. The summed E-state index contributed by atoms with van der Waals surface area (Å²) in [6.45, 7) is 4.26. The van der Waals surface area contributed by atoms with E-state index in [9.17, 15) is 13.2 Å². The van der Waals surface area contributed by atoms with E-state index in [2.05, 4.69) is 0 Å². The van der Waals surface area contributed by atoms with Gasteiger partial charge in [-0.15, -0.1) is 0 Å². The van der Waals surface area contributed by atoms with Crippen LogP contribution in [0.5, 0.6) is 0 Å². The highest BCUT2D eigenvalue weighted by Crippen LogP contribution is 2.28. The molecule has 0 aliphatic rings. The van der Waals surface area contributed by atoms with Gasteiger partial charge in [0.1, 0.15) is 0 Å². The lowest BCUT2D eigenvalue weighted by Crippen LogP contribution is -2.05. The van der Waals surface area contributed by atoms with Crippen LogP contribution in [0, 0.1) is 0 Å². The van der Waals surface area contributed by atoms with Crippen molar-refractivity contribution in [1.82, 2.24) is 0 Å². The second-order valence-electron chi connectivity index (χ2n) is 2.40. The molecule has 0 unspecified atom stereocenters. The molecule has 0 bridgehead atoms. The van der Waals surface area contributed by atoms with Crippen LogP contribution in [-0.4, -0.2) is 0 Å². The van der Waals surface area contributed by atoms with Gasteiger partial charge >= 0.3 is 6.18 Å². The summed E-state index contributed by atoms with van der Waals surface area (Å²) in [7, 11) is 0. The fraction of sp³-hybridized carbons (Fsp3) is 0.400. The fourth-order valence-electron chi connectivity index (χ4n) is 0.830. The molecule has 1 nitrogen and oxygen atoms in total. The predicted octanol–water partition coefficient (Wildman–Crippen LogP) is 3.19. The molecule has 0 fully saturated rings. The maximum Gasteiger partial charge on any atom is 0.416 e. The molecule has 0 aliphatic heterocycles. The van der Waals surface area contributed by atoms with Gasteiger partial charge in [-0.2, -0.15) is 13.2 Å². The third-order valence-electron chi connectivity index (χ3n) is 1.52. The molecule has 4 heteroatoms. The van der Waals surface area contributed by atoms with Gasteiger partial charge in [-0.05, 0) is 17.7 Å². The second kappa shape index (κ2) is 5.65. The van der Waals surface area contributed by atoms with Crippen LogP contribution in [0.25, 0.3) is 0 Å². The van der Waals surface area contributed by atoms with E-state index < -0.39 is 11.7 Å². The van der Waals surface area contributed by atoms with Crippen LogP contribution < -0.4 is 5.73 Å². The van der Waals surface area contributed by atoms with Crippen molar-refractivity contribution in [3.05, 3.63) is 35.4 Å². The number of benzene rings is 1. The number of alkyl halides is 3. The van der Waals surface area contributed by atoms with Gasteiger partial charge in [0.15, 0.2) is 0 Å². The zero-order valence-electron chi connectivity index (χ0n) is 8.23. The molecule has 2 N–H and O–H groups in total. The SMILES string of the molecule is CC.NCc1ccc(C(F)(F)F)cc1. The Bertz CT molecular complexity index is 251. The Morgan fingerprint density at radius 1 is 1.07 bits per heavy atom. The first-order valence-corrected chi connectivity index (χ1v) is 4.40. The largest absolute Gasteiger partial charge is 0.416 e. The first-order valence-electron chi connectivity index (χ1n) is 4.40. The quantitative estimate of drug-likeness (QED) is 0.748. The smallest absolute Gasteiger partial charge is 0.326 e. The Balaban J connectivity index is 0.000000791. The molecule has 1 aromatic carbocycles.